The van der Waals surface area contributed by atoms with Crippen molar-refractivity contribution in [3.8, 4) is 16.9 Å². The summed E-state index contributed by atoms with van der Waals surface area (Å²) in [5.41, 5.74) is 3.25. The van der Waals surface area contributed by atoms with E-state index in [1.54, 1.807) is 24.6 Å². The maximum absolute atomic E-state index is 5.20. The zero-order chi connectivity index (χ0) is 12.5. The summed E-state index contributed by atoms with van der Waals surface area (Å²) in [5, 5.41) is 1.09. The van der Waals surface area contributed by atoms with E-state index in [1.165, 1.54) is 4.70 Å². The van der Waals surface area contributed by atoms with Crippen LogP contribution in [0.1, 0.15) is 5.01 Å². The molecule has 3 nitrogen and oxygen atoms in total. The van der Waals surface area contributed by atoms with Gasteiger partial charge in [0.25, 0.3) is 0 Å². The van der Waals surface area contributed by atoms with Gasteiger partial charge in [-0.2, -0.15) is 0 Å². The van der Waals surface area contributed by atoms with Gasteiger partial charge >= 0.3 is 0 Å². The van der Waals surface area contributed by atoms with Gasteiger partial charge in [0.05, 0.1) is 28.5 Å². The summed E-state index contributed by atoms with van der Waals surface area (Å²) in [6, 6.07) is 8.25. The third kappa shape index (κ3) is 1.95. The number of aryl methyl sites for hydroxylation is 1. The van der Waals surface area contributed by atoms with E-state index in [2.05, 4.69) is 22.1 Å². The van der Waals surface area contributed by atoms with E-state index in [0.29, 0.717) is 0 Å². The zero-order valence-corrected chi connectivity index (χ0v) is 11.0. The number of pyridine rings is 1. The van der Waals surface area contributed by atoms with Gasteiger partial charge in [-0.1, -0.05) is 6.07 Å². The van der Waals surface area contributed by atoms with Crippen molar-refractivity contribution >= 4 is 21.6 Å². The minimum atomic E-state index is 0.771. The van der Waals surface area contributed by atoms with Crippen LogP contribution in [0, 0.1) is 6.92 Å². The largest absolute Gasteiger partial charge is 0.495 e. The Morgan fingerprint density at radius 2 is 2.00 bits per heavy atom. The van der Waals surface area contributed by atoms with Crippen molar-refractivity contribution < 1.29 is 4.74 Å². The summed E-state index contributed by atoms with van der Waals surface area (Å²) >= 11 is 1.71. The Kier molecular flexibility index (Phi) is 2.72. The fourth-order valence-corrected chi connectivity index (χ4v) is 2.77. The number of ether oxygens (including phenoxy) is 1. The molecular weight excluding hydrogens is 244 g/mol. The standard InChI is InChI=1S/C14H12N2OS/c1-9-16-13-4-3-10(6-14(13)18-9)11-5-12(17-2)8-15-7-11/h3-8H,1-2H3. The second kappa shape index (κ2) is 4.38. The molecule has 0 aliphatic rings. The Bertz CT molecular complexity index is 706. The van der Waals surface area contributed by atoms with Gasteiger partial charge in [0.1, 0.15) is 5.75 Å². The molecule has 2 heterocycles. The first-order valence-corrected chi connectivity index (χ1v) is 6.44. The highest BCUT2D eigenvalue weighted by atomic mass is 32.1. The van der Waals surface area contributed by atoms with Gasteiger partial charge < -0.3 is 4.74 Å². The zero-order valence-electron chi connectivity index (χ0n) is 10.2. The van der Waals surface area contributed by atoms with Crippen molar-refractivity contribution in [1.29, 1.82) is 0 Å². The predicted molar refractivity (Wildman–Crippen MR) is 74.1 cm³/mol. The van der Waals surface area contributed by atoms with E-state index in [9.17, 15) is 0 Å². The average molecular weight is 256 g/mol. The van der Waals surface area contributed by atoms with E-state index in [1.807, 2.05) is 25.3 Å². The molecule has 2 aromatic heterocycles. The van der Waals surface area contributed by atoms with Crippen LogP contribution in [0.5, 0.6) is 5.75 Å². The Morgan fingerprint density at radius 1 is 1.11 bits per heavy atom. The van der Waals surface area contributed by atoms with Crippen molar-refractivity contribution in [3.05, 3.63) is 41.7 Å². The summed E-state index contributed by atoms with van der Waals surface area (Å²) in [5.74, 6) is 0.771. The van der Waals surface area contributed by atoms with Crippen LogP contribution >= 0.6 is 11.3 Å². The normalized spacial score (nSPS) is 10.8. The fraction of sp³-hybridized carbons (Fsp3) is 0.143. The molecule has 0 aliphatic heterocycles. The predicted octanol–water partition coefficient (Wildman–Crippen LogP) is 3.68. The minimum absolute atomic E-state index is 0.771. The second-order valence-electron chi connectivity index (χ2n) is 4.03. The molecule has 0 saturated heterocycles. The van der Waals surface area contributed by atoms with Gasteiger partial charge in [-0.05, 0) is 30.7 Å². The summed E-state index contributed by atoms with van der Waals surface area (Å²) < 4.78 is 6.40. The summed E-state index contributed by atoms with van der Waals surface area (Å²) in [6.07, 6.45) is 3.55. The number of hydrogen-bond donors (Lipinski definition) is 0. The van der Waals surface area contributed by atoms with E-state index < -0.39 is 0 Å². The Hall–Kier alpha value is -1.94. The van der Waals surface area contributed by atoms with Crippen LogP contribution in [-0.4, -0.2) is 17.1 Å². The molecule has 0 aliphatic carbocycles. The number of methoxy groups -OCH3 is 1. The highest BCUT2D eigenvalue weighted by molar-refractivity contribution is 7.18. The molecule has 18 heavy (non-hydrogen) atoms. The number of nitrogens with zero attached hydrogens (tertiary/aromatic N) is 2. The topological polar surface area (TPSA) is 35.0 Å². The number of hydrogen-bond acceptors (Lipinski definition) is 4. The number of benzene rings is 1. The first kappa shape index (κ1) is 11.2. The molecule has 3 aromatic rings. The van der Waals surface area contributed by atoms with Crippen molar-refractivity contribution in [1.82, 2.24) is 9.97 Å². The monoisotopic (exact) mass is 256 g/mol. The van der Waals surface area contributed by atoms with Crippen LogP contribution in [0.15, 0.2) is 36.7 Å². The van der Waals surface area contributed by atoms with Crippen molar-refractivity contribution in [2.45, 2.75) is 6.92 Å². The first-order valence-electron chi connectivity index (χ1n) is 5.63. The number of rotatable bonds is 2. The maximum Gasteiger partial charge on any atom is 0.137 e. The second-order valence-corrected chi connectivity index (χ2v) is 5.26. The molecule has 4 heteroatoms. The minimum Gasteiger partial charge on any atom is -0.495 e. The lowest BCUT2D eigenvalue weighted by Gasteiger charge is -2.03. The molecule has 1 aromatic carbocycles. The van der Waals surface area contributed by atoms with Gasteiger partial charge in [-0.25, -0.2) is 4.98 Å². The summed E-state index contributed by atoms with van der Waals surface area (Å²) in [7, 11) is 1.65. The molecule has 0 N–H and O–H groups in total. The Morgan fingerprint density at radius 3 is 2.83 bits per heavy atom. The smallest absolute Gasteiger partial charge is 0.137 e. The lowest BCUT2D eigenvalue weighted by molar-refractivity contribution is 0.413. The van der Waals surface area contributed by atoms with Crippen LogP contribution in [0.3, 0.4) is 0 Å². The number of thiazole rings is 1. The highest BCUT2D eigenvalue weighted by Crippen LogP contribution is 2.28. The Labute approximate surface area is 109 Å². The summed E-state index contributed by atoms with van der Waals surface area (Å²) in [4.78, 5) is 8.64. The van der Waals surface area contributed by atoms with Crippen molar-refractivity contribution in [3.63, 3.8) is 0 Å². The third-order valence-electron chi connectivity index (χ3n) is 2.78. The lowest BCUT2D eigenvalue weighted by Crippen LogP contribution is -1.86. The molecule has 3 rings (SSSR count). The van der Waals surface area contributed by atoms with E-state index in [-0.39, 0.29) is 0 Å². The van der Waals surface area contributed by atoms with Crippen molar-refractivity contribution in [2.75, 3.05) is 7.11 Å². The average Bonchev–Trinajstić information content (AvgIpc) is 2.77. The lowest BCUT2D eigenvalue weighted by atomic mass is 10.1. The first-order chi connectivity index (χ1) is 8.76. The molecule has 90 valence electrons. The molecular formula is C14H12N2OS. The van der Waals surface area contributed by atoms with Gasteiger partial charge in [-0.15, -0.1) is 11.3 Å². The van der Waals surface area contributed by atoms with Crippen LogP contribution in [0.2, 0.25) is 0 Å². The third-order valence-corrected chi connectivity index (χ3v) is 3.71. The molecule has 0 radical (unpaired) electrons. The van der Waals surface area contributed by atoms with Gasteiger partial charge in [-0.3, -0.25) is 4.98 Å². The van der Waals surface area contributed by atoms with Gasteiger partial charge in [0.2, 0.25) is 0 Å². The maximum atomic E-state index is 5.20. The quantitative estimate of drug-likeness (QED) is 0.701. The molecule has 0 saturated carbocycles. The van der Waals surface area contributed by atoms with Gasteiger partial charge in [0.15, 0.2) is 0 Å². The summed E-state index contributed by atoms with van der Waals surface area (Å²) in [6.45, 7) is 2.03. The number of fused-ring (bicyclic) bond motifs is 1. The number of aromatic nitrogens is 2. The molecule has 0 atom stereocenters. The van der Waals surface area contributed by atoms with E-state index >= 15 is 0 Å². The molecule has 0 amide bonds. The van der Waals surface area contributed by atoms with E-state index in [0.717, 1.165) is 27.4 Å². The van der Waals surface area contributed by atoms with Gasteiger partial charge in [0, 0.05) is 11.8 Å². The fourth-order valence-electron chi connectivity index (χ4n) is 1.91. The Balaban J connectivity index is 2.12. The van der Waals surface area contributed by atoms with Crippen LogP contribution < -0.4 is 4.74 Å². The molecule has 0 unspecified atom stereocenters. The SMILES string of the molecule is COc1cncc(-c2ccc3nc(C)sc3c2)c1. The van der Waals surface area contributed by atoms with Crippen molar-refractivity contribution in [2.24, 2.45) is 0 Å². The molecule has 0 fully saturated rings. The molecule has 0 spiro atoms. The van der Waals surface area contributed by atoms with Crippen LogP contribution in [0.4, 0.5) is 0 Å². The highest BCUT2D eigenvalue weighted by Gasteiger charge is 2.04. The van der Waals surface area contributed by atoms with Crippen LogP contribution in [-0.2, 0) is 0 Å². The molecule has 0 bridgehead atoms. The van der Waals surface area contributed by atoms with E-state index in [4.69, 9.17) is 4.74 Å². The van der Waals surface area contributed by atoms with Crippen LogP contribution in [0.25, 0.3) is 21.3 Å².